The van der Waals surface area contributed by atoms with Crippen LogP contribution in [0.15, 0.2) is 0 Å². The van der Waals surface area contributed by atoms with Gasteiger partial charge in [0.05, 0.1) is 0 Å². The Balaban J connectivity index is 3.76. The molecule has 0 radical (unpaired) electrons. The summed E-state index contributed by atoms with van der Waals surface area (Å²) in [6.45, 7) is 12.5. The first kappa shape index (κ1) is 14.4. The van der Waals surface area contributed by atoms with Crippen molar-refractivity contribution in [2.45, 2.75) is 59.5 Å². The van der Waals surface area contributed by atoms with Crippen molar-refractivity contribution in [1.82, 2.24) is 10.2 Å². The molecule has 0 aromatic carbocycles. The van der Waals surface area contributed by atoms with Gasteiger partial charge in [0.15, 0.2) is 0 Å². The molecule has 0 heterocycles. The van der Waals surface area contributed by atoms with Gasteiger partial charge in [0.1, 0.15) is 0 Å². The molecule has 90 valence electrons. The summed E-state index contributed by atoms with van der Waals surface area (Å²) in [5, 5.41) is 2.94. The van der Waals surface area contributed by atoms with Gasteiger partial charge in [0.2, 0.25) is 5.91 Å². The first-order valence-electron chi connectivity index (χ1n) is 6.01. The summed E-state index contributed by atoms with van der Waals surface area (Å²) in [5.74, 6) is 0.171. The summed E-state index contributed by atoms with van der Waals surface area (Å²) in [7, 11) is 0. The van der Waals surface area contributed by atoms with Gasteiger partial charge in [-0.1, -0.05) is 6.92 Å². The fourth-order valence-electron chi connectivity index (χ4n) is 1.75. The minimum absolute atomic E-state index is 0.171. The maximum absolute atomic E-state index is 11.2. The number of hydrogen-bond donors (Lipinski definition) is 1. The summed E-state index contributed by atoms with van der Waals surface area (Å²) < 4.78 is 0. The predicted molar refractivity (Wildman–Crippen MR) is 64.9 cm³/mol. The van der Waals surface area contributed by atoms with Crippen molar-refractivity contribution in [2.75, 3.05) is 13.1 Å². The summed E-state index contributed by atoms with van der Waals surface area (Å²) in [6.07, 6.45) is 1.56. The highest BCUT2D eigenvalue weighted by Gasteiger charge is 2.12. The SMILES string of the molecule is CCCC(=O)NCCN(C(C)C)C(C)C. The van der Waals surface area contributed by atoms with Gasteiger partial charge in [0, 0.05) is 31.6 Å². The van der Waals surface area contributed by atoms with E-state index in [0.717, 1.165) is 19.5 Å². The number of amides is 1. The van der Waals surface area contributed by atoms with Crippen LogP contribution < -0.4 is 5.32 Å². The third kappa shape index (κ3) is 6.50. The Morgan fingerprint density at radius 1 is 1.20 bits per heavy atom. The molecule has 0 fully saturated rings. The predicted octanol–water partition coefficient (Wildman–Crippen LogP) is 2.02. The van der Waals surface area contributed by atoms with E-state index in [9.17, 15) is 4.79 Å². The van der Waals surface area contributed by atoms with Crippen molar-refractivity contribution >= 4 is 5.91 Å². The standard InChI is InChI=1S/C12H26N2O/c1-6-7-12(15)13-8-9-14(10(2)3)11(4)5/h10-11H,6-9H2,1-5H3,(H,13,15). The van der Waals surface area contributed by atoms with Gasteiger partial charge < -0.3 is 5.32 Å². The Morgan fingerprint density at radius 2 is 1.73 bits per heavy atom. The lowest BCUT2D eigenvalue weighted by atomic mass is 10.2. The van der Waals surface area contributed by atoms with Gasteiger partial charge in [-0.2, -0.15) is 0 Å². The van der Waals surface area contributed by atoms with Crippen molar-refractivity contribution in [3.63, 3.8) is 0 Å². The van der Waals surface area contributed by atoms with Gasteiger partial charge in [-0.3, -0.25) is 9.69 Å². The summed E-state index contributed by atoms with van der Waals surface area (Å²) in [6, 6.07) is 1.07. The van der Waals surface area contributed by atoms with Gasteiger partial charge in [-0.05, 0) is 34.1 Å². The zero-order valence-corrected chi connectivity index (χ0v) is 10.8. The second-order valence-electron chi connectivity index (χ2n) is 4.53. The average molecular weight is 214 g/mol. The third-order valence-corrected chi connectivity index (χ3v) is 2.50. The summed E-state index contributed by atoms with van der Waals surface area (Å²) >= 11 is 0. The van der Waals surface area contributed by atoms with E-state index in [-0.39, 0.29) is 5.91 Å². The van der Waals surface area contributed by atoms with Gasteiger partial charge >= 0.3 is 0 Å². The highest BCUT2D eigenvalue weighted by Crippen LogP contribution is 2.03. The lowest BCUT2D eigenvalue weighted by Gasteiger charge is -2.30. The summed E-state index contributed by atoms with van der Waals surface area (Å²) in [4.78, 5) is 13.6. The van der Waals surface area contributed by atoms with Crippen LogP contribution in [0.2, 0.25) is 0 Å². The topological polar surface area (TPSA) is 32.3 Å². The average Bonchev–Trinajstić information content (AvgIpc) is 2.11. The Kier molecular flexibility index (Phi) is 7.39. The van der Waals surface area contributed by atoms with E-state index in [1.807, 2.05) is 6.92 Å². The van der Waals surface area contributed by atoms with Gasteiger partial charge in [-0.25, -0.2) is 0 Å². The minimum Gasteiger partial charge on any atom is -0.355 e. The molecule has 0 spiro atoms. The molecule has 3 nitrogen and oxygen atoms in total. The Bertz CT molecular complexity index is 170. The number of carbonyl (C=O) groups is 1. The molecule has 0 aliphatic rings. The van der Waals surface area contributed by atoms with E-state index < -0.39 is 0 Å². The van der Waals surface area contributed by atoms with Crippen LogP contribution in [0, 0.1) is 0 Å². The van der Waals surface area contributed by atoms with E-state index >= 15 is 0 Å². The smallest absolute Gasteiger partial charge is 0.220 e. The molecule has 0 atom stereocenters. The van der Waals surface area contributed by atoms with Crippen LogP contribution >= 0.6 is 0 Å². The molecule has 0 unspecified atom stereocenters. The molecule has 3 heteroatoms. The molecule has 0 aliphatic heterocycles. The van der Waals surface area contributed by atoms with E-state index in [4.69, 9.17) is 0 Å². The fourth-order valence-corrected chi connectivity index (χ4v) is 1.75. The molecule has 15 heavy (non-hydrogen) atoms. The first-order valence-corrected chi connectivity index (χ1v) is 6.01. The quantitative estimate of drug-likeness (QED) is 0.703. The molecule has 0 aliphatic carbocycles. The largest absolute Gasteiger partial charge is 0.355 e. The number of carbonyl (C=O) groups excluding carboxylic acids is 1. The van der Waals surface area contributed by atoms with E-state index in [0.29, 0.717) is 18.5 Å². The molecular weight excluding hydrogens is 188 g/mol. The maximum atomic E-state index is 11.2. The van der Waals surface area contributed by atoms with Crippen LogP contribution in [0.25, 0.3) is 0 Å². The van der Waals surface area contributed by atoms with Crippen LogP contribution in [0.1, 0.15) is 47.5 Å². The molecule has 0 saturated heterocycles. The molecule has 1 N–H and O–H groups in total. The maximum Gasteiger partial charge on any atom is 0.220 e. The second-order valence-corrected chi connectivity index (χ2v) is 4.53. The monoisotopic (exact) mass is 214 g/mol. The Hall–Kier alpha value is -0.570. The first-order chi connectivity index (χ1) is 6.99. The number of nitrogens with zero attached hydrogens (tertiary/aromatic N) is 1. The van der Waals surface area contributed by atoms with Crippen LogP contribution in [0.4, 0.5) is 0 Å². The van der Waals surface area contributed by atoms with Crippen LogP contribution in [-0.4, -0.2) is 36.0 Å². The molecule has 0 bridgehead atoms. The van der Waals surface area contributed by atoms with Crippen LogP contribution in [0.5, 0.6) is 0 Å². The molecule has 1 amide bonds. The Morgan fingerprint density at radius 3 is 2.13 bits per heavy atom. The number of nitrogens with one attached hydrogen (secondary N) is 1. The zero-order chi connectivity index (χ0) is 11.8. The lowest BCUT2D eigenvalue weighted by molar-refractivity contribution is -0.121. The van der Waals surface area contributed by atoms with Crippen LogP contribution in [0.3, 0.4) is 0 Å². The normalized spacial score (nSPS) is 11.5. The molecule has 0 aromatic heterocycles. The van der Waals surface area contributed by atoms with Crippen molar-refractivity contribution in [1.29, 1.82) is 0 Å². The lowest BCUT2D eigenvalue weighted by Crippen LogP contribution is -2.42. The molecule has 0 aromatic rings. The van der Waals surface area contributed by atoms with Crippen molar-refractivity contribution in [2.24, 2.45) is 0 Å². The molecular formula is C12H26N2O. The van der Waals surface area contributed by atoms with Gasteiger partial charge in [0.25, 0.3) is 0 Å². The number of rotatable bonds is 7. The Labute approximate surface area is 94.2 Å². The number of hydrogen-bond acceptors (Lipinski definition) is 2. The van der Waals surface area contributed by atoms with E-state index in [1.54, 1.807) is 0 Å². The van der Waals surface area contributed by atoms with Gasteiger partial charge in [-0.15, -0.1) is 0 Å². The fraction of sp³-hybridized carbons (Fsp3) is 0.917. The minimum atomic E-state index is 0.171. The third-order valence-electron chi connectivity index (χ3n) is 2.50. The van der Waals surface area contributed by atoms with Crippen molar-refractivity contribution < 1.29 is 4.79 Å². The van der Waals surface area contributed by atoms with E-state index in [1.165, 1.54) is 0 Å². The zero-order valence-electron chi connectivity index (χ0n) is 10.8. The summed E-state index contributed by atoms with van der Waals surface area (Å²) in [5.41, 5.74) is 0. The van der Waals surface area contributed by atoms with Crippen molar-refractivity contribution in [3.8, 4) is 0 Å². The van der Waals surface area contributed by atoms with E-state index in [2.05, 4.69) is 37.9 Å². The van der Waals surface area contributed by atoms with Crippen LogP contribution in [-0.2, 0) is 4.79 Å². The highest BCUT2D eigenvalue weighted by atomic mass is 16.1. The molecule has 0 saturated carbocycles. The second kappa shape index (κ2) is 7.69. The van der Waals surface area contributed by atoms with Crippen molar-refractivity contribution in [3.05, 3.63) is 0 Å². The molecule has 0 rings (SSSR count). The highest BCUT2D eigenvalue weighted by molar-refractivity contribution is 5.75.